The molecule has 0 radical (unpaired) electrons. The zero-order chi connectivity index (χ0) is 30.3. The Bertz CT molecular complexity index is 1630. The molecule has 1 unspecified atom stereocenters. The van der Waals surface area contributed by atoms with E-state index in [2.05, 4.69) is 5.32 Å². The molecular formula is C33H34ClN3O4S. The first-order chi connectivity index (χ1) is 20.1. The third kappa shape index (κ3) is 7.38. The molecule has 1 N–H and O–H groups in total. The Hall–Kier alpha value is -4.14. The number of likely N-dealkylation sites (N-methyl/N-ethyl adjacent to an activating group) is 1. The number of sulfonamides is 1. The van der Waals surface area contributed by atoms with Crippen LogP contribution in [0.4, 0.5) is 5.69 Å². The molecule has 0 aliphatic rings. The molecule has 218 valence electrons. The predicted molar refractivity (Wildman–Crippen MR) is 167 cm³/mol. The van der Waals surface area contributed by atoms with E-state index < -0.39 is 28.5 Å². The first-order valence-corrected chi connectivity index (χ1v) is 15.4. The highest BCUT2D eigenvalue weighted by Gasteiger charge is 2.34. The minimum Gasteiger partial charge on any atom is -0.357 e. The Kier molecular flexibility index (Phi) is 10.0. The topological polar surface area (TPSA) is 86.8 Å². The van der Waals surface area contributed by atoms with E-state index in [1.54, 1.807) is 55.5 Å². The summed E-state index contributed by atoms with van der Waals surface area (Å²) in [5.74, 6) is -0.875. The number of halogens is 1. The summed E-state index contributed by atoms with van der Waals surface area (Å²) in [7, 11) is -2.62. The molecule has 0 aliphatic carbocycles. The molecule has 4 aromatic rings. The fraction of sp³-hybridized carbons (Fsp3) is 0.212. The number of nitrogens with one attached hydrogen (secondary N) is 1. The van der Waals surface area contributed by atoms with Crippen LogP contribution < -0.4 is 9.62 Å². The summed E-state index contributed by atoms with van der Waals surface area (Å²) in [5, 5.41) is 3.23. The van der Waals surface area contributed by atoms with Crippen molar-refractivity contribution in [3.05, 3.63) is 130 Å². The molecule has 7 nitrogen and oxygen atoms in total. The summed E-state index contributed by atoms with van der Waals surface area (Å²) >= 11 is 6.11. The number of hydrogen-bond acceptors (Lipinski definition) is 4. The van der Waals surface area contributed by atoms with E-state index in [9.17, 15) is 18.0 Å². The second-order valence-electron chi connectivity index (χ2n) is 10.1. The SMILES string of the molecule is CNC(=O)C(Cc1ccccc1)N(Cc1ccc(Cl)cc1)C(=O)CN(c1cc(C)ccc1C)S(=O)(=O)c1ccccc1. The van der Waals surface area contributed by atoms with E-state index in [-0.39, 0.29) is 23.8 Å². The summed E-state index contributed by atoms with van der Waals surface area (Å²) in [6.45, 7) is 3.25. The Labute approximate surface area is 252 Å². The first kappa shape index (κ1) is 30.8. The lowest BCUT2D eigenvalue weighted by Gasteiger charge is -2.34. The highest BCUT2D eigenvalue weighted by molar-refractivity contribution is 7.92. The zero-order valence-electron chi connectivity index (χ0n) is 23.8. The summed E-state index contributed by atoms with van der Waals surface area (Å²) in [6.07, 6.45) is 0.245. The van der Waals surface area contributed by atoms with Gasteiger partial charge >= 0.3 is 0 Å². The Morgan fingerprint density at radius 2 is 1.45 bits per heavy atom. The molecule has 1 atom stereocenters. The third-order valence-corrected chi connectivity index (χ3v) is 9.05. The maximum absolute atomic E-state index is 14.3. The molecule has 0 saturated carbocycles. The van der Waals surface area contributed by atoms with Crippen LogP contribution in [0.25, 0.3) is 0 Å². The number of aryl methyl sites for hydroxylation is 2. The van der Waals surface area contributed by atoms with E-state index in [1.807, 2.05) is 49.4 Å². The average Bonchev–Trinajstić information content (AvgIpc) is 3.00. The zero-order valence-corrected chi connectivity index (χ0v) is 25.4. The maximum Gasteiger partial charge on any atom is 0.264 e. The third-order valence-electron chi connectivity index (χ3n) is 7.03. The molecular weight excluding hydrogens is 570 g/mol. The molecule has 4 aromatic carbocycles. The van der Waals surface area contributed by atoms with Crippen LogP contribution in [0.15, 0.2) is 108 Å². The molecule has 0 saturated heterocycles. The van der Waals surface area contributed by atoms with Crippen LogP contribution in [0, 0.1) is 13.8 Å². The van der Waals surface area contributed by atoms with Crippen LogP contribution in [0.3, 0.4) is 0 Å². The lowest BCUT2D eigenvalue weighted by Crippen LogP contribution is -2.53. The molecule has 0 heterocycles. The molecule has 2 amide bonds. The molecule has 0 bridgehead atoms. The van der Waals surface area contributed by atoms with Gasteiger partial charge in [0.15, 0.2) is 0 Å². The van der Waals surface area contributed by atoms with Gasteiger partial charge in [-0.2, -0.15) is 0 Å². The largest absolute Gasteiger partial charge is 0.357 e. The molecule has 0 spiro atoms. The van der Waals surface area contributed by atoms with Gasteiger partial charge in [0.1, 0.15) is 12.6 Å². The molecule has 0 aliphatic heterocycles. The Balaban J connectivity index is 1.81. The fourth-order valence-electron chi connectivity index (χ4n) is 4.73. The van der Waals surface area contributed by atoms with Gasteiger partial charge < -0.3 is 10.2 Å². The standard InChI is InChI=1S/C33H34ClN3O4S/c1-24-14-15-25(2)30(20-24)37(42(40,41)29-12-8-5-9-13-29)23-32(38)36(22-27-16-18-28(34)19-17-27)31(33(39)35-3)21-26-10-6-4-7-11-26/h4-20,31H,21-23H2,1-3H3,(H,35,39). The van der Waals surface area contributed by atoms with Gasteiger partial charge in [-0.1, -0.05) is 84.4 Å². The second kappa shape index (κ2) is 13.7. The van der Waals surface area contributed by atoms with Crippen molar-refractivity contribution in [2.45, 2.75) is 37.8 Å². The predicted octanol–water partition coefficient (Wildman–Crippen LogP) is 5.54. The van der Waals surface area contributed by atoms with Crippen molar-refractivity contribution < 1.29 is 18.0 Å². The molecule has 4 rings (SSSR count). The van der Waals surface area contributed by atoms with E-state index in [0.717, 1.165) is 21.0 Å². The van der Waals surface area contributed by atoms with Crippen LogP contribution in [-0.4, -0.2) is 44.8 Å². The number of amides is 2. The lowest BCUT2D eigenvalue weighted by atomic mass is 10.0. The highest BCUT2D eigenvalue weighted by Crippen LogP contribution is 2.29. The van der Waals surface area contributed by atoms with Crippen molar-refractivity contribution in [1.29, 1.82) is 0 Å². The highest BCUT2D eigenvalue weighted by atomic mass is 35.5. The number of carbonyl (C=O) groups is 2. The fourth-order valence-corrected chi connectivity index (χ4v) is 6.35. The molecule has 9 heteroatoms. The van der Waals surface area contributed by atoms with Gasteiger partial charge in [-0.25, -0.2) is 8.42 Å². The van der Waals surface area contributed by atoms with Gasteiger partial charge in [0.25, 0.3) is 10.0 Å². The van der Waals surface area contributed by atoms with Crippen LogP contribution in [0.2, 0.25) is 5.02 Å². The van der Waals surface area contributed by atoms with Crippen LogP contribution >= 0.6 is 11.6 Å². The van der Waals surface area contributed by atoms with Gasteiger partial charge in [-0.05, 0) is 66.4 Å². The number of rotatable bonds is 11. The number of carbonyl (C=O) groups excluding carboxylic acids is 2. The Morgan fingerprint density at radius 1 is 0.833 bits per heavy atom. The first-order valence-electron chi connectivity index (χ1n) is 13.5. The van der Waals surface area contributed by atoms with Crippen LogP contribution in [0.5, 0.6) is 0 Å². The number of anilines is 1. The molecule has 0 fully saturated rings. The van der Waals surface area contributed by atoms with E-state index in [4.69, 9.17) is 11.6 Å². The van der Waals surface area contributed by atoms with Crippen LogP contribution in [0.1, 0.15) is 22.3 Å². The van der Waals surface area contributed by atoms with E-state index in [0.29, 0.717) is 16.3 Å². The van der Waals surface area contributed by atoms with Gasteiger partial charge in [0.05, 0.1) is 10.6 Å². The van der Waals surface area contributed by atoms with Crippen molar-refractivity contribution in [2.24, 2.45) is 0 Å². The van der Waals surface area contributed by atoms with Crippen LogP contribution in [-0.2, 0) is 32.6 Å². The molecule has 42 heavy (non-hydrogen) atoms. The average molecular weight is 604 g/mol. The monoisotopic (exact) mass is 603 g/mol. The van der Waals surface area contributed by atoms with Crippen molar-refractivity contribution in [3.63, 3.8) is 0 Å². The van der Waals surface area contributed by atoms with Crippen molar-refractivity contribution in [1.82, 2.24) is 10.2 Å². The quantitative estimate of drug-likeness (QED) is 0.244. The summed E-state index contributed by atoms with van der Waals surface area (Å²) < 4.78 is 29.3. The summed E-state index contributed by atoms with van der Waals surface area (Å²) in [4.78, 5) is 29.2. The van der Waals surface area contributed by atoms with Gasteiger partial charge in [0, 0.05) is 25.0 Å². The number of hydrogen-bond donors (Lipinski definition) is 1. The Morgan fingerprint density at radius 3 is 2.07 bits per heavy atom. The summed E-state index contributed by atoms with van der Waals surface area (Å²) in [5.41, 5.74) is 3.56. The van der Waals surface area contributed by atoms with Gasteiger partial charge in [-0.15, -0.1) is 0 Å². The maximum atomic E-state index is 14.3. The second-order valence-corrected chi connectivity index (χ2v) is 12.4. The smallest absolute Gasteiger partial charge is 0.264 e. The van der Waals surface area contributed by atoms with Gasteiger partial charge in [0.2, 0.25) is 11.8 Å². The number of benzene rings is 4. The normalized spacial score (nSPS) is 11.9. The summed E-state index contributed by atoms with van der Waals surface area (Å²) in [6, 6.07) is 29.0. The number of nitrogens with zero attached hydrogens (tertiary/aromatic N) is 2. The van der Waals surface area contributed by atoms with Gasteiger partial charge in [-0.3, -0.25) is 13.9 Å². The van der Waals surface area contributed by atoms with E-state index in [1.165, 1.54) is 24.1 Å². The van der Waals surface area contributed by atoms with E-state index >= 15 is 0 Å². The minimum absolute atomic E-state index is 0.0649. The van der Waals surface area contributed by atoms with Crippen molar-refractivity contribution >= 4 is 39.1 Å². The molecule has 0 aromatic heterocycles. The minimum atomic E-state index is -4.14. The lowest BCUT2D eigenvalue weighted by molar-refractivity contribution is -0.139. The van der Waals surface area contributed by atoms with Crippen molar-refractivity contribution in [3.8, 4) is 0 Å². The van der Waals surface area contributed by atoms with Crippen molar-refractivity contribution in [2.75, 3.05) is 17.9 Å².